The molecule has 11 nitrogen and oxygen atoms in total. The average molecular weight is 1370 g/mol. The van der Waals surface area contributed by atoms with Crippen LogP contribution >= 0.6 is 0 Å². The van der Waals surface area contributed by atoms with E-state index in [0.29, 0.717) is 16.7 Å². The van der Waals surface area contributed by atoms with E-state index in [0.717, 1.165) is 63.7 Å². The maximum atomic E-state index is 14.7. The largest absolute Gasteiger partial charge is 0.496 e. The van der Waals surface area contributed by atoms with Gasteiger partial charge in [0.15, 0.2) is 17.2 Å². The maximum Gasteiger partial charge on any atom is 0.424 e. The van der Waals surface area contributed by atoms with Gasteiger partial charge < -0.3 is 43.4 Å². The van der Waals surface area contributed by atoms with Crippen LogP contribution in [0, 0.1) is 59.0 Å². The zero-order valence-electron chi connectivity index (χ0n) is 57.2. The summed E-state index contributed by atoms with van der Waals surface area (Å²) in [4.78, 5) is 26.1. The van der Waals surface area contributed by atoms with Crippen LogP contribution in [0.25, 0.3) is 0 Å². The van der Waals surface area contributed by atoms with Crippen LogP contribution in [0.4, 0.5) is 52.7 Å². The molecule has 4 atom stereocenters. The number of aliphatic hydroxyl groups is 2. The van der Waals surface area contributed by atoms with Crippen molar-refractivity contribution in [3.8, 4) is 17.2 Å². The number of hydrogen-bond donors (Lipinski definition) is 2. The SMILES string of the molecule is COCOC(CC(C)(C)c1cc(F)ccc1OC)(C(=O)Cc1cc(C)cc(C)c1)C(F)(F)F.COCOC(CC(C)(C)c1cc(F)ccc1OC)(C(O)Cc1cc(C)cc(C)c1)C(F)(F)F.COc1ccc(F)cc1C(C)(C)CC(O)(C(=O)Cc1cc(C)cc(C)c1)C(F)(F)F. The summed E-state index contributed by atoms with van der Waals surface area (Å²) in [6, 6.07) is 26.4. The second-order valence-corrected chi connectivity index (χ2v) is 26.3. The number of Topliss-reactive ketones (excluding diaryl/α,β-unsaturated/α-hetero) is 2. The third-order valence-corrected chi connectivity index (χ3v) is 16.5. The highest BCUT2D eigenvalue weighted by Crippen LogP contribution is 2.50. The molecule has 0 fully saturated rings. The predicted octanol–water partition coefficient (Wildman–Crippen LogP) is 16.7. The highest BCUT2D eigenvalue weighted by molar-refractivity contribution is 5.91. The third kappa shape index (κ3) is 20.5. The van der Waals surface area contributed by atoms with Gasteiger partial charge in [-0.3, -0.25) is 9.59 Å². The Morgan fingerprint density at radius 3 is 1.06 bits per heavy atom. The van der Waals surface area contributed by atoms with Crippen molar-refractivity contribution in [1.82, 2.24) is 0 Å². The number of rotatable bonds is 27. The van der Waals surface area contributed by atoms with Gasteiger partial charge >= 0.3 is 18.5 Å². The van der Waals surface area contributed by atoms with Crippen molar-refractivity contribution in [2.45, 2.75) is 179 Å². The van der Waals surface area contributed by atoms with Crippen molar-refractivity contribution in [2.75, 3.05) is 49.1 Å². The van der Waals surface area contributed by atoms with Gasteiger partial charge in [0, 0.05) is 63.0 Å². The Bertz CT molecular complexity index is 3540. The number of ketones is 2. The zero-order valence-corrected chi connectivity index (χ0v) is 57.2. The van der Waals surface area contributed by atoms with E-state index in [2.05, 4.69) is 0 Å². The molecular formula is C73H88F12O11. The smallest absolute Gasteiger partial charge is 0.424 e. The number of hydrogen-bond acceptors (Lipinski definition) is 11. The summed E-state index contributed by atoms with van der Waals surface area (Å²) >= 11 is 0. The molecule has 6 rings (SSSR count). The number of aryl methyl sites for hydroxylation is 6. The first-order valence-electron chi connectivity index (χ1n) is 30.4. The Hall–Kier alpha value is -7.02. The van der Waals surface area contributed by atoms with Crippen LogP contribution in [0.15, 0.2) is 109 Å². The molecule has 0 heterocycles. The van der Waals surface area contributed by atoms with Crippen LogP contribution in [-0.2, 0) is 64.0 Å². The monoisotopic (exact) mass is 1370 g/mol. The average Bonchev–Trinajstić information content (AvgIpc) is 0.766. The number of carbonyl (C=O) groups excluding carboxylic acids is 2. The van der Waals surface area contributed by atoms with E-state index in [9.17, 15) is 72.5 Å². The fourth-order valence-electron chi connectivity index (χ4n) is 12.3. The van der Waals surface area contributed by atoms with Gasteiger partial charge in [-0.15, -0.1) is 0 Å². The Labute approximate surface area is 554 Å². The topological polar surface area (TPSA) is 139 Å². The van der Waals surface area contributed by atoms with Gasteiger partial charge in [-0.05, 0) is 135 Å². The van der Waals surface area contributed by atoms with Gasteiger partial charge in [0.25, 0.3) is 0 Å². The van der Waals surface area contributed by atoms with Gasteiger partial charge in [0.05, 0.1) is 27.4 Å². The van der Waals surface area contributed by atoms with Gasteiger partial charge in [0.2, 0.25) is 11.2 Å². The summed E-state index contributed by atoms with van der Waals surface area (Å²) in [7, 11) is 6.40. The van der Waals surface area contributed by atoms with Crippen molar-refractivity contribution >= 4 is 11.6 Å². The molecule has 0 spiro atoms. The van der Waals surface area contributed by atoms with Crippen molar-refractivity contribution < 1.29 is 106 Å². The van der Waals surface area contributed by atoms with E-state index < -0.39 is 132 Å². The lowest BCUT2D eigenvalue weighted by molar-refractivity contribution is -0.329. The second-order valence-electron chi connectivity index (χ2n) is 26.3. The summed E-state index contributed by atoms with van der Waals surface area (Å²) in [6.07, 6.45) is -21.0. The summed E-state index contributed by atoms with van der Waals surface area (Å²) in [6.45, 7) is 18.3. The zero-order chi connectivity index (χ0) is 73.0. The lowest BCUT2D eigenvalue weighted by Gasteiger charge is -2.44. The summed E-state index contributed by atoms with van der Waals surface area (Å²) in [5, 5.41) is 21.7. The first-order chi connectivity index (χ1) is 44.2. The van der Waals surface area contributed by atoms with E-state index in [-0.39, 0.29) is 40.4 Å². The molecule has 23 heteroatoms. The first kappa shape index (κ1) is 81.4. The van der Waals surface area contributed by atoms with Gasteiger partial charge in [0.1, 0.15) is 48.3 Å². The second kappa shape index (κ2) is 32.6. The lowest BCUT2D eigenvalue weighted by atomic mass is 9.71. The van der Waals surface area contributed by atoms with Crippen molar-refractivity contribution in [2.24, 2.45) is 0 Å². The molecule has 0 aliphatic carbocycles. The molecule has 6 aromatic rings. The van der Waals surface area contributed by atoms with Gasteiger partial charge in [-0.25, -0.2) is 13.2 Å². The minimum atomic E-state index is -5.21. The maximum absolute atomic E-state index is 14.7. The Balaban J connectivity index is 0.000000307. The van der Waals surface area contributed by atoms with E-state index in [1.54, 1.807) is 64.1 Å². The molecule has 0 amide bonds. The van der Waals surface area contributed by atoms with Crippen LogP contribution in [0.1, 0.15) is 128 Å². The molecule has 530 valence electrons. The van der Waals surface area contributed by atoms with Crippen molar-refractivity contribution in [3.05, 3.63) is 193 Å². The fraction of sp³-hybridized carbons (Fsp3) is 0.479. The molecule has 0 saturated heterocycles. The van der Waals surface area contributed by atoms with Gasteiger partial charge in [-0.1, -0.05) is 130 Å². The van der Waals surface area contributed by atoms with Gasteiger partial charge in [-0.2, -0.15) is 39.5 Å². The number of ether oxygens (including phenoxy) is 7. The highest BCUT2D eigenvalue weighted by Gasteiger charge is 2.65. The van der Waals surface area contributed by atoms with E-state index in [1.807, 2.05) is 32.0 Å². The van der Waals surface area contributed by atoms with Crippen LogP contribution in [0.2, 0.25) is 0 Å². The minimum Gasteiger partial charge on any atom is -0.496 e. The van der Waals surface area contributed by atoms with E-state index in [4.69, 9.17) is 33.2 Å². The fourth-order valence-corrected chi connectivity index (χ4v) is 12.3. The summed E-state index contributed by atoms with van der Waals surface area (Å²) < 4.78 is 207. The number of halogens is 12. The van der Waals surface area contributed by atoms with Crippen LogP contribution in [0.3, 0.4) is 0 Å². The first-order valence-corrected chi connectivity index (χ1v) is 30.4. The van der Waals surface area contributed by atoms with Crippen molar-refractivity contribution in [1.29, 1.82) is 0 Å². The quantitative estimate of drug-likeness (QED) is 0.0376. The molecule has 0 aliphatic rings. The molecule has 0 radical (unpaired) electrons. The van der Waals surface area contributed by atoms with E-state index >= 15 is 0 Å². The van der Waals surface area contributed by atoms with Crippen LogP contribution in [-0.4, -0.2) is 112 Å². The molecule has 0 bridgehead atoms. The van der Waals surface area contributed by atoms with Crippen LogP contribution in [0.5, 0.6) is 17.2 Å². The molecule has 0 saturated carbocycles. The predicted molar refractivity (Wildman–Crippen MR) is 341 cm³/mol. The Kier molecular flexibility index (Phi) is 27.6. The van der Waals surface area contributed by atoms with E-state index in [1.165, 1.54) is 101 Å². The standard InChI is InChI=1S/C25H32F4O4.C25H30F4O4.C23H26F4O3/c2*1-16-9-17(2)11-18(10-16)12-22(30)24(25(27,28)29,33-15-31-5)14-23(3,4)20-13-19(26)7-8-21(20)32-6;1-14-8-15(2)10-16(9-14)11-20(28)22(29,23(25,26)27)13-21(3,4)18-12-17(24)6-7-19(18)30-5/h7-11,13,22,30H,12,14-15H2,1-6H3;7-11,13H,12,14-15H2,1-6H3;6-10,12,29H,11,13H2,1-5H3. The minimum absolute atomic E-state index is 0.131. The molecule has 4 unspecified atom stereocenters. The molecular weight excluding hydrogens is 1280 g/mol. The number of methoxy groups -OCH3 is 5. The Morgan fingerprint density at radius 1 is 0.417 bits per heavy atom. The molecule has 96 heavy (non-hydrogen) atoms. The molecule has 6 aromatic carbocycles. The number of benzene rings is 6. The molecule has 0 aromatic heterocycles. The number of carbonyl (C=O) groups is 2. The number of aliphatic hydroxyl groups excluding tert-OH is 1. The lowest BCUT2D eigenvalue weighted by Crippen LogP contribution is -2.60. The molecule has 0 aliphatic heterocycles. The Morgan fingerprint density at radius 2 is 0.740 bits per heavy atom. The van der Waals surface area contributed by atoms with Crippen molar-refractivity contribution in [3.63, 3.8) is 0 Å². The molecule has 2 N–H and O–H groups in total. The number of alkyl halides is 9. The summed E-state index contributed by atoms with van der Waals surface area (Å²) in [5.41, 5.74) is -6.86. The van der Waals surface area contributed by atoms with Crippen LogP contribution < -0.4 is 14.2 Å². The third-order valence-electron chi connectivity index (χ3n) is 16.5. The normalized spacial score (nSPS) is 14.6. The summed E-state index contributed by atoms with van der Waals surface area (Å²) in [5.74, 6) is -3.77. The highest BCUT2D eigenvalue weighted by atomic mass is 19.4.